The molecule has 0 nitrogen and oxygen atoms in total. The van der Waals surface area contributed by atoms with E-state index in [1.54, 1.807) is 0 Å². The summed E-state index contributed by atoms with van der Waals surface area (Å²) in [5.74, 6) is 1.67. The van der Waals surface area contributed by atoms with Crippen molar-refractivity contribution in [2.75, 3.05) is 0 Å². The molecule has 0 heterocycles. The lowest BCUT2D eigenvalue weighted by molar-refractivity contribution is 0.737. The van der Waals surface area contributed by atoms with Crippen molar-refractivity contribution in [3.63, 3.8) is 0 Å². The van der Waals surface area contributed by atoms with Crippen LogP contribution in [0.15, 0.2) is 30.3 Å². The van der Waals surface area contributed by atoms with E-state index in [-0.39, 0.29) is 0 Å². The Labute approximate surface area is 95.2 Å². The van der Waals surface area contributed by atoms with Gasteiger partial charge in [0.2, 0.25) is 0 Å². The summed E-state index contributed by atoms with van der Waals surface area (Å²) < 4.78 is 0. The molecule has 0 aliphatic carbocycles. The van der Waals surface area contributed by atoms with Gasteiger partial charge in [0.15, 0.2) is 0 Å². The first-order valence-electron chi connectivity index (χ1n) is 5.31. The maximum absolute atomic E-state index is 4.11. The fourth-order valence-electron chi connectivity index (χ4n) is 0.583. The zero-order chi connectivity index (χ0) is 11.4. The van der Waals surface area contributed by atoms with Crippen LogP contribution in [0.25, 0.3) is 0 Å². The minimum absolute atomic E-state index is 0.833. The first-order valence-corrected chi connectivity index (χ1v) is 5.94. The van der Waals surface area contributed by atoms with Crippen molar-refractivity contribution in [3.05, 3.63) is 35.9 Å². The number of hydrogen-bond donors (Lipinski definition) is 1. The molecular formula is C13H24S. The van der Waals surface area contributed by atoms with Gasteiger partial charge in [-0.05, 0) is 11.5 Å². The Bertz CT molecular complexity index is 177. The highest BCUT2D eigenvalue weighted by Crippen LogP contribution is 2.00. The smallest absolute Gasteiger partial charge is 0.0154 e. The molecule has 1 aromatic carbocycles. The summed E-state index contributed by atoms with van der Waals surface area (Å²) in [6.07, 6.45) is 0. The normalized spacial score (nSPS) is 8.21. The summed E-state index contributed by atoms with van der Waals surface area (Å²) in [6.45, 7) is 10.5. The molecule has 0 atom stereocenters. The molecule has 0 bridgehead atoms. The molecule has 82 valence electrons. The molecule has 0 amide bonds. The number of hydrogen-bond acceptors (Lipinski definition) is 1. The highest BCUT2D eigenvalue weighted by atomic mass is 32.1. The molecule has 0 unspecified atom stereocenters. The Balaban J connectivity index is 0. The van der Waals surface area contributed by atoms with Crippen LogP contribution in [-0.4, -0.2) is 0 Å². The van der Waals surface area contributed by atoms with Gasteiger partial charge in [0, 0.05) is 5.75 Å². The SMILES string of the molecule is CC.CC(C)C.SCc1ccccc1. The third kappa shape index (κ3) is 14.1. The number of rotatable bonds is 1. The molecule has 1 heteroatoms. The van der Waals surface area contributed by atoms with E-state index < -0.39 is 0 Å². The van der Waals surface area contributed by atoms with Gasteiger partial charge in [-0.1, -0.05) is 65.0 Å². The van der Waals surface area contributed by atoms with Crippen LogP contribution in [0.5, 0.6) is 0 Å². The maximum Gasteiger partial charge on any atom is 0.0154 e. The van der Waals surface area contributed by atoms with Crippen molar-refractivity contribution in [2.24, 2.45) is 5.92 Å². The zero-order valence-corrected chi connectivity index (χ0v) is 11.0. The van der Waals surface area contributed by atoms with Crippen LogP contribution in [0.1, 0.15) is 40.2 Å². The molecule has 1 rings (SSSR count). The minimum atomic E-state index is 0.833. The summed E-state index contributed by atoms with van der Waals surface area (Å²) >= 11 is 4.11. The van der Waals surface area contributed by atoms with Gasteiger partial charge in [-0.15, -0.1) is 0 Å². The van der Waals surface area contributed by atoms with Gasteiger partial charge in [-0.3, -0.25) is 0 Å². The van der Waals surface area contributed by atoms with Gasteiger partial charge in [0.25, 0.3) is 0 Å². The second kappa shape index (κ2) is 12.6. The van der Waals surface area contributed by atoms with Gasteiger partial charge in [0.05, 0.1) is 0 Å². The van der Waals surface area contributed by atoms with Crippen molar-refractivity contribution in [2.45, 2.75) is 40.4 Å². The first-order chi connectivity index (χ1) is 6.66. The Morgan fingerprint density at radius 3 is 1.57 bits per heavy atom. The Kier molecular flexibility index (Phi) is 14.4. The molecule has 0 radical (unpaired) electrons. The fraction of sp³-hybridized carbons (Fsp3) is 0.538. The van der Waals surface area contributed by atoms with Crippen LogP contribution in [0, 0.1) is 5.92 Å². The predicted octanol–water partition coefficient (Wildman–Crippen LogP) is 4.80. The van der Waals surface area contributed by atoms with Crippen LogP contribution < -0.4 is 0 Å². The molecule has 14 heavy (non-hydrogen) atoms. The Morgan fingerprint density at radius 2 is 1.36 bits per heavy atom. The topological polar surface area (TPSA) is 0 Å². The van der Waals surface area contributed by atoms with Gasteiger partial charge in [0.1, 0.15) is 0 Å². The van der Waals surface area contributed by atoms with E-state index in [1.807, 2.05) is 32.0 Å². The van der Waals surface area contributed by atoms with Gasteiger partial charge in [-0.25, -0.2) is 0 Å². The van der Waals surface area contributed by atoms with Gasteiger partial charge in [-0.2, -0.15) is 12.6 Å². The van der Waals surface area contributed by atoms with Crippen molar-refractivity contribution in [1.29, 1.82) is 0 Å². The lowest BCUT2D eigenvalue weighted by Crippen LogP contribution is -1.71. The molecular weight excluding hydrogens is 188 g/mol. The van der Waals surface area contributed by atoms with E-state index in [1.165, 1.54) is 5.56 Å². The minimum Gasteiger partial charge on any atom is -0.175 e. The summed E-state index contributed by atoms with van der Waals surface area (Å²) in [7, 11) is 0. The lowest BCUT2D eigenvalue weighted by Gasteiger charge is -1.89. The van der Waals surface area contributed by atoms with Crippen LogP contribution in [0.4, 0.5) is 0 Å². The van der Waals surface area contributed by atoms with Crippen molar-refractivity contribution < 1.29 is 0 Å². The molecule has 0 saturated carbocycles. The maximum atomic E-state index is 4.11. The molecule has 0 fully saturated rings. The molecule has 0 aliphatic rings. The largest absolute Gasteiger partial charge is 0.175 e. The highest BCUT2D eigenvalue weighted by molar-refractivity contribution is 7.79. The van der Waals surface area contributed by atoms with Crippen molar-refractivity contribution in [1.82, 2.24) is 0 Å². The summed E-state index contributed by atoms with van der Waals surface area (Å²) in [6, 6.07) is 10.2. The fourth-order valence-corrected chi connectivity index (χ4v) is 0.794. The molecule has 0 N–H and O–H groups in total. The van der Waals surface area contributed by atoms with Crippen molar-refractivity contribution in [3.8, 4) is 0 Å². The van der Waals surface area contributed by atoms with E-state index in [0.717, 1.165) is 11.7 Å². The second-order valence-electron chi connectivity index (χ2n) is 3.38. The average Bonchev–Trinajstić information content (AvgIpc) is 2.21. The summed E-state index contributed by atoms with van der Waals surface area (Å²) in [5.41, 5.74) is 1.27. The second-order valence-corrected chi connectivity index (χ2v) is 3.69. The summed E-state index contributed by atoms with van der Waals surface area (Å²) in [5, 5.41) is 0. The first kappa shape index (κ1) is 16.0. The Hall–Kier alpha value is -0.430. The van der Waals surface area contributed by atoms with E-state index in [2.05, 4.69) is 45.5 Å². The van der Waals surface area contributed by atoms with E-state index >= 15 is 0 Å². The highest BCUT2D eigenvalue weighted by Gasteiger charge is 1.80. The van der Waals surface area contributed by atoms with Crippen LogP contribution >= 0.6 is 12.6 Å². The molecule has 0 saturated heterocycles. The quantitative estimate of drug-likeness (QED) is 0.635. The van der Waals surface area contributed by atoms with Crippen molar-refractivity contribution >= 4 is 12.6 Å². The molecule has 0 aromatic heterocycles. The lowest BCUT2D eigenvalue weighted by atomic mass is 10.2. The third-order valence-electron chi connectivity index (χ3n) is 1.03. The zero-order valence-electron chi connectivity index (χ0n) is 10.1. The number of thiol groups is 1. The predicted molar refractivity (Wildman–Crippen MR) is 71.0 cm³/mol. The standard InChI is InChI=1S/C7H8S.C4H10.C2H6/c8-6-7-4-2-1-3-5-7;1-4(2)3;1-2/h1-5,8H,6H2;4H,1-3H3;1-2H3. The Morgan fingerprint density at radius 1 is 1.00 bits per heavy atom. The number of benzene rings is 1. The average molecular weight is 212 g/mol. The van der Waals surface area contributed by atoms with E-state index in [9.17, 15) is 0 Å². The van der Waals surface area contributed by atoms with Gasteiger partial charge >= 0.3 is 0 Å². The van der Waals surface area contributed by atoms with E-state index in [0.29, 0.717) is 0 Å². The van der Waals surface area contributed by atoms with Crippen LogP contribution in [-0.2, 0) is 5.75 Å². The van der Waals surface area contributed by atoms with Crippen LogP contribution in [0.2, 0.25) is 0 Å². The van der Waals surface area contributed by atoms with Crippen LogP contribution in [0.3, 0.4) is 0 Å². The van der Waals surface area contributed by atoms with E-state index in [4.69, 9.17) is 0 Å². The summed E-state index contributed by atoms with van der Waals surface area (Å²) in [4.78, 5) is 0. The molecule has 0 aliphatic heterocycles. The third-order valence-corrected chi connectivity index (χ3v) is 1.39. The van der Waals surface area contributed by atoms with Gasteiger partial charge < -0.3 is 0 Å². The molecule has 1 aromatic rings. The molecule has 0 spiro atoms. The monoisotopic (exact) mass is 212 g/mol.